The van der Waals surface area contributed by atoms with Gasteiger partial charge in [0.2, 0.25) is 0 Å². The van der Waals surface area contributed by atoms with E-state index >= 15 is 0 Å². The van der Waals surface area contributed by atoms with Crippen LogP contribution < -0.4 is 10.1 Å². The van der Waals surface area contributed by atoms with E-state index in [9.17, 15) is 59.6 Å². The average Bonchev–Trinajstić information content (AvgIpc) is 1.78. The number of hydrogen-bond acceptors (Lipinski definition) is 27. The minimum atomic E-state index is -1.41. The Bertz CT molecular complexity index is 3450. The van der Waals surface area contributed by atoms with Crippen molar-refractivity contribution in [3.8, 4) is 5.75 Å². The van der Waals surface area contributed by atoms with Gasteiger partial charge in [-0.05, 0) is 50.1 Å². The number of hydrogen-bond donors (Lipinski definition) is 2. The van der Waals surface area contributed by atoms with Crippen molar-refractivity contribution in [2.75, 3.05) is 150 Å². The summed E-state index contributed by atoms with van der Waals surface area (Å²) in [5.74, 6) is -2.09. The zero-order valence-corrected chi connectivity index (χ0v) is 53.6. The van der Waals surface area contributed by atoms with Gasteiger partial charge in [-0.2, -0.15) is 0 Å². The van der Waals surface area contributed by atoms with Crippen molar-refractivity contribution >= 4 is 74.6 Å². The summed E-state index contributed by atoms with van der Waals surface area (Å²) in [6.45, 7) is 9.12. The van der Waals surface area contributed by atoms with E-state index in [1.165, 1.54) is 11.1 Å². The molecule has 7 rings (SSSR count). The van der Waals surface area contributed by atoms with Crippen LogP contribution in [0.5, 0.6) is 5.75 Å². The Morgan fingerprint density at radius 3 is 1.71 bits per heavy atom. The summed E-state index contributed by atoms with van der Waals surface area (Å²) in [5, 5.41) is 58.3. The maximum atomic E-state index is 13.6. The summed E-state index contributed by atoms with van der Waals surface area (Å²) >= 11 is 0.587. The number of ether oxygens (including phenoxy) is 10. The van der Waals surface area contributed by atoms with Crippen molar-refractivity contribution in [3.05, 3.63) is 149 Å². The summed E-state index contributed by atoms with van der Waals surface area (Å²) in [5.41, 5.74) is -1.38. The molecule has 518 valence electrons. The van der Waals surface area contributed by atoms with E-state index in [0.717, 1.165) is 36.4 Å². The van der Waals surface area contributed by atoms with E-state index in [-0.39, 0.29) is 94.6 Å². The van der Waals surface area contributed by atoms with Gasteiger partial charge in [-0.1, -0.05) is 23.4 Å². The molecule has 3 aromatic heterocycles. The molecular formula is C61H76N12O22S. The van der Waals surface area contributed by atoms with Gasteiger partial charge >= 0.3 is 0 Å². The first-order chi connectivity index (χ1) is 46.6. The Morgan fingerprint density at radius 1 is 0.635 bits per heavy atom. The molecule has 0 aliphatic carbocycles. The highest BCUT2D eigenvalue weighted by molar-refractivity contribution is 7.99. The molecule has 2 N–H and O–H groups in total. The van der Waals surface area contributed by atoms with Crippen molar-refractivity contribution in [3.63, 3.8) is 0 Å². The molecule has 34 nitrogen and oxygen atoms in total. The van der Waals surface area contributed by atoms with Crippen LogP contribution in [-0.2, 0) is 65.4 Å². The number of aryl methyl sites for hydroxylation is 1. The topological polar surface area (TPSA) is 411 Å². The van der Waals surface area contributed by atoms with Crippen LogP contribution in [0.2, 0.25) is 0 Å². The number of amides is 2. The fraction of sp³-hybridized carbons (Fsp3) is 0.492. The number of nitrogens with one attached hydrogen (secondary N) is 2. The molecule has 1 aliphatic rings. The van der Waals surface area contributed by atoms with E-state index in [2.05, 4.69) is 25.6 Å². The van der Waals surface area contributed by atoms with Gasteiger partial charge in [0, 0.05) is 99.8 Å². The number of Topliss-reactive ketones (excluding diaryl/α,β-unsaturated/α-hetero) is 2. The quantitative estimate of drug-likeness (QED) is 0.0109. The number of carbonyl (C=O) groups is 4. The normalized spacial score (nSPS) is 13.4. The second kappa shape index (κ2) is 40.4. The summed E-state index contributed by atoms with van der Waals surface area (Å²) < 4.78 is 58.1. The maximum Gasteiger partial charge on any atom is 0.299 e. The number of aromatic amines is 1. The first kappa shape index (κ1) is 74.4. The largest absolute Gasteiger partial charge is 0.490 e. The zero-order chi connectivity index (χ0) is 68.4. The van der Waals surface area contributed by atoms with Gasteiger partial charge in [-0.3, -0.25) is 64.3 Å². The average molecular weight is 1360 g/mol. The molecule has 0 radical (unpaired) electrons. The predicted molar refractivity (Wildman–Crippen MR) is 342 cm³/mol. The standard InChI is InChI=1S/C61H76N12O22S/c1-44-40-67(60(76)45-9-3-2-4-10-45)19-20-69(44)61(77)57(75)47-39-63-59-55(47)54(16-17-62-59)95-38-37-93-34-33-91-30-29-90-28-27-89-26-24-87-22-8-18-68-41-46(65-66-68)42-94-36-35-92-32-31-88-25-23-86-21-7-15-53(74)48(64-56-49(70(78)79)11-5-12-50(56)71(80)81)43-96-58-51(72(82)83)13-6-14-52(58)73(84)85/h2-6,9-14,16-17,39,41,44,48,64H,7-8,15,18-38,40,42-43H2,1H3,(H,62,63)/t44-,48+/m1/s1. The van der Waals surface area contributed by atoms with Crippen molar-refractivity contribution < 1.29 is 86.2 Å². The lowest BCUT2D eigenvalue weighted by Gasteiger charge is -2.39. The number of rotatable bonds is 48. The molecule has 1 aliphatic heterocycles. The number of pyridine rings is 1. The Kier molecular flexibility index (Phi) is 31.3. The molecule has 1 saturated heterocycles. The van der Waals surface area contributed by atoms with Crippen LogP contribution in [0.25, 0.3) is 11.0 Å². The first-order valence-corrected chi connectivity index (χ1v) is 31.7. The number of carbonyl (C=O) groups excluding carboxylic acids is 4. The third kappa shape index (κ3) is 23.4. The number of ketones is 2. The smallest absolute Gasteiger partial charge is 0.299 e. The lowest BCUT2D eigenvalue weighted by molar-refractivity contribution is -0.399. The van der Waals surface area contributed by atoms with E-state index in [1.54, 1.807) is 52.3 Å². The van der Waals surface area contributed by atoms with Crippen molar-refractivity contribution in [2.24, 2.45) is 0 Å². The highest BCUT2D eigenvalue weighted by Crippen LogP contribution is 2.40. The van der Waals surface area contributed by atoms with Crippen molar-refractivity contribution in [2.45, 2.75) is 56.3 Å². The molecule has 2 amide bonds. The number of nitro groups is 4. The number of thioether (sulfide) groups is 1. The van der Waals surface area contributed by atoms with Crippen molar-refractivity contribution in [1.82, 2.24) is 34.8 Å². The van der Waals surface area contributed by atoms with Gasteiger partial charge in [0.1, 0.15) is 23.7 Å². The summed E-state index contributed by atoms with van der Waals surface area (Å²) in [4.78, 5) is 107. The number of H-pyrrole nitrogens is 1. The maximum absolute atomic E-state index is 13.6. The number of para-hydroxylation sites is 1. The summed E-state index contributed by atoms with van der Waals surface area (Å²) in [6.07, 6.45) is 5.49. The molecular weight excluding hydrogens is 1280 g/mol. The third-order valence-electron chi connectivity index (χ3n) is 14.4. The number of piperazine rings is 1. The zero-order valence-electron chi connectivity index (χ0n) is 52.8. The molecule has 0 spiro atoms. The number of nitrogens with zero attached hydrogens (tertiary/aromatic N) is 10. The van der Waals surface area contributed by atoms with E-state index in [1.807, 2.05) is 13.0 Å². The Labute approximate surface area is 554 Å². The van der Waals surface area contributed by atoms with E-state index in [4.69, 9.17) is 47.4 Å². The molecule has 2 atom stereocenters. The molecule has 0 unspecified atom stereocenters. The van der Waals surface area contributed by atoms with E-state index in [0.29, 0.717) is 139 Å². The van der Waals surface area contributed by atoms with Crippen LogP contribution >= 0.6 is 11.8 Å². The van der Waals surface area contributed by atoms with Gasteiger partial charge in [0.25, 0.3) is 40.3 Å². The lowest BCUT2D eigenvalue weighted by Crippen LogP contribution is -2.56. The Balaban J connectivity index is 0.632. The van der Waals surface area contributed by atoms with E-state index < -0.39 is 77.4 Å². The minimum absolute atomic E-state index is 0.0882. The van der Waals surface area contributed by atoms with Crippen LogP contribution in [-0.4, -0.2) is 234 Å². The number of anilines is 1. The number of nitro benzene ring substituents is 4. The summed E-state index contributed by atoms with van der Waals surface area (Å²) in [6, 6.07) is 15.1. The van der Waals surface area contributed by atoms with Crippen molar-refractivity contribution in [1.29, 1.82) is 0 Å². The molecule has 96 heavy (non-hydrogen) atoms. The first-order valence-electron chi connectivity index (χ1n) is 30.8. The van der Waals surface area contributed by atoms with Crippen LogP contribution in [0.3, 0.4) is 0 Å². The van der Waals surface area contributed by atoms with Gasteiger partial charge < -0.3 is 67.5 Å². The van der Waals surface area contributed by atoms with Gasteiger partial charge in [-0.15, -0.1) is 16.9 Å². The third-order valence-corrected chi connectivity index (χ3v) is 15.6. The van der Waals surface area contributed by atoms with Crippen LogP contribution in [0.15, 0.2) is 96.3 Å². The molecule has 4 heterocycles. The van der Waals surface area contributed by atoms with Gasteiger partial charge in [0.15, 0.2) is 16.4 Å². The fourth-order valence-electron chi connectivity index (χ4n) is 9.66. The number of aromatic nitrogens is 5. The molecule has 0 bridgehead atoms. The van der Waals surface area contributed by atoms with Gasteiger partial charge in [0.05, 0.1) is 149 Å². The second-order valence-electron chi connectivity index (χ2n) is 21.1. The van der Waals surface area contributed by atoms with Crippen LogP contribution in [0.4, 0.5) is 28.4 Å². The molecule has 6 aromatic rings. The molecule has 1 fully saturated rings. The minimum Gasteiger partial charge on any atom is -0.490 e. The lowest BCUT2D eigenvalue weighted by atomic mass is 10.1. The second-order valence-corrected chi connectivity index (χ2v) is 22.1. The summed E-state index contributed by atoms with van der Waals surface area (Å²) in [7, 11) is 0. The molecule has 3 aromatic carbocycles. The van der Waals surface area contributed by atoms with Crippen LogP contribution in [0, 0.1) is 40.5 Å². The monoisotopic (exact) mass is 1360 g/mol. The fourth-order valence-corrected chi connectivity index (χ4v) is 10.8. The SMILES string of the molecule is C[C@@H]1CN(C(=O)c2ccccc2)CCN1C(=O)C(=O)c1c[nH]c2nccc(OCCOCCOCCOCCOCCOCCCn3cc(COCCOCCOCCOCCCC(=O)[C@H](CSc4c([N+](=O)[O-])cccc4[N+](=O)[O-])Nc4c([N+](=O)[O-])cccc4[N+](=O)[O-])nn3)c12. The Morgan fingerprint density at radius 2 is 1.16 bits per heavy atom. The van der Waals surface area contributed by atoms with Crippen LogP contribution in [0.1, 0.15) is 52.6 Å². The van der Waals surface area contributed by atoms with Gasteiger partial charge in [-0.25, -0.2) is 4.98 Å². The number of fused-ring (bicyclic) bond motifs is 1. The predicted octanol–water partition coefficient (Wildman–Crippen LogP) is 6.08. The molecule has 0 saturated carbocycles. The Hall–Kier alpha value is -9.04. The molecule has 35 heteroatoms. The highest BCUT2D eigenvalue weighted by Gasteiger charge is 2.36. The highest BCUT2D eigenvalue weighted by atomic mass is 32.2. The number of benzene rings is 3.